The first-order valence-corrected chi connectivity index (χ1v) is 10.6. The molecule has 1 heterocycles. The van der Waals surface area contributed by atoms with Gasteiger partial charge < -0.3 is 0 Å². The van der Waals surface area contributed by atoms with Gasteiger partial charge in [0.25, 0.3) is 0 Å². The van der Waals surface area contributed by atoms with Crippen molar-refractivity contribution in [1.29, 1.82) is 0 Å². The number of nitrogens with zero attached hydrogens (tertiary/aromatic N) is 1. The van der Waals surface area contributed by atoms with Gasteiger partial charge >= 0.3 is 0 Å². The van der Waals surface area contributed by atoms with Crippen LogP contribution >= 0.6 is 11.6 Å². The monoisotopic (exact) mass is 369 g/mol. The van der Waals surface area contributed by atoms with E-state index >= 15 is 0 Å². The summed E-state index contributed by atoms with van der Waals surface area (Å²) in [6.45, 7) is 7.12. The van der Waals surface area contributed by atoms with Crippen molar-refractivity contribution in [3.05, 3.63) is 40.2 Å². The molecule has 1 aromatic heterocycles. The molecule has 1 unspecified atom stereocenters. The summed E-state index contributed by atoms with van der Waals surface area (Å²) in [5.41, 5.74) is 4.15. The Labute approximate surface area is 161 Å². The predicted octanol–water partition coefficient (Wildman–Crippen LogP) is 5.53. The maximum absolute atomic E-state index is 13.3. The van der Waals surface area contributed by atoms with Crippen LogP contribution in [0, 0.1) is 29.1 Å². The number of ketones is 1. The molecule has 0 saturated heterocycles. The largest absolute Gasteiger partial charge is 0.295 e. The molecule has 0 aromatic carbocycles. The van der Waals surface area contributed by atoms with E-state index in [9.17, 15) is 4.79 Å². The van der Waals surface area contributed by atoms with Crippen molar-refractivity contribution in [3.63, 3.8) is 0 Å². The lowest BCUT2D eigenvalue weighted by Crippen LogP contribution is -2.53. The fourth-order valence-corrected chi connectivity index (χ4v) is 7.10. The van der Waals surface area contributed by atoms with E-state index in [1.54, 1.807) is 0 Å². The van der Waals surface area contributed by atoms with Gasteiger partial charge in [-0.3, -0.25) is 4.79 Å². The predicted molar refractivity (Wildman–Crippen MR) is 104 cm³/mol. The van der Waals surface area contributed by atoms with Crippen molar-refractivity contribution in [2.24, 2.45) is 29.1 Å². The number of aromatic nitrogens is 1. The molecule has 4 aliphatic rings. The number of pyridine rings is 1. The Morgan fingerprint density at radius 1 is 1.08 bits per heavy atom. The second-order valence-corrected chi connectivity index (χ2v) is 10.3. The van der Waals surface area contributed by atoms with Crippen LogP contribution in [0.15, 0.2) is 23.8 Å². The van der Waals surface area contributed by atoms with Gasteiger partial charge in [0.05, 0.1) is 5.69 Å². The van der Waals surface area contributed by atoms with Crippen molar-refractivity contribution in [2.45, 2.75) is 64.7 Å². The quantitative estimate of drug-likeness (QED) is 0.563. The van der Waals surface area contributed by atoms with Crippen molar-refractivity contribution in [3.8, 4) is 0 Å². The highest BCUT2D eigenvalue weighted by Crippen LogP contribution is 2.63. The van der Waals surface area contributed by atoms with Crippen molar-refractivity contribution < 1.29 is 4.79 Å². The Bertz CT molecular complexity index is 829. The summed E-state index contributed by atoms with van der Waals surface area (Å²) >= 11 is 6.22. The molecule has 0 spiro atoms. The molecule has 0 radical (unpaired) electrons. The number of halogens is 1. The molecule has 0 aliphatic heterocycles. The number of fused-ring (bicyclic) bond motifs is 7. The van der Waals surface area contributed by atoms with Crippen LogP contribution in [0.2, 0.25) is 5.15 Å². The molecule has 4 aliphatic carbocycles. The second-order valence-electron chi connectivity index (χ2n) is 9.88. The van der Waals surface area contributed by atoms with Gasteiger partial charge in [-0.25, -0.2) is 4.98 Å². The van der Waals surface area contributed by atoms with E-state index in [4.69, 9.17) is 16.6 Å². The van der Waals surface area contributed by atoms with E-state index in [1.807, 2.05) is 6.07 Å². The van der Waals surface area contributed by atoms with Crippen LogP contribution in [0.5, 0.6) is 0 Å². The van der Waals surface area contributed by atoms with Crippen LogP contribution in [-0.4, -0.2) is 10.8 Å². The third-order valence-electron chi connectivity index (χ3n) is 8.51. The molecular formula is C23H28ClNO. The van der Waals surface area contributed by atoms with Crippen LogP contribution in [0.25, 0.3) is 0 Å². The van der Waals surface area contributed by atoms with E-state index in [0.717, 1.165) is 31.6 Å². The first kappa shape index (κ1) is 17.0. The molecule has 0 bridgehead atoms. The maximum atomic E-state index is 13.3. The molecule has 2 fully saturated rings. The summed E-state index contributed by atoms with van der Waals surface area (Å²) < 4.78 is 0. The second kappa shape index (κ2) is 5.44. The zero-order chi connectivity index (χ0) is 18.3. The molecule has 0 amide bonds. The number of allylic oxidation sites excluding steroid dienone is 2. The van der Waals surface area contributed by atoms with Gasteiger partial charge in [-0.15, -0.1) is 0 Å². The van der Waals surface area contributed by atoms with Crippen molar-refractivity contribution in [1.82, 2.24) is 4.98 Å². The fourth-order valence-electron chi connectivity index (χ4n) is 6.95. The molecule has 0 N–H and O–H groups in total. The number of hydrogen-bond acceptors (Lipinski definition) is 2. The van der Waals surface area contributed by atoms with Crippen LogP contribution in [-0.2, 0) is 16.6 Å². The number of carbonyl (C=O) groups excluding carboxylic acids is 1. The number of hydrogen-bond donors (Lipinski definition) is 0. The average Bonchev–Trinajstić information content (AvgIpc) is 2.89. The topological polar surface area (TPSA) is 30.0 Å². The lowest BCUT2D eigenvalue weighted by atomic mass is 9.47. The summed E-state index contributed by atoms with van der Waals surface area (Å²) in [6, 6.07) is 4.05. The van der Waals surface area contributed by atoms with Crippen molar-refractivity contribution in [2.75, 3.05) is 0 Å². The average molecular weight is 370 g/mol. The standard InChI is InChI=1S/C23H28ClNO/c1-13-6-8-22(2)15(10-13)12-18(26)20-16(22)7-9-23(3)17(20)11-14-4-5-19(24)25-21(14)23/h4-5,12-13,16-17,20H,6-11H2,1-3H3/t13-,16-,17-,20?,22-,23-/m0/s1. The SMILES string of the molecule is C[C@H]1CC[C@@]2(C)C(=CC(=O)C3[C@@H]2CC[C@]2(C)c4nc(Cl)ccc4C[C@@H]32)C1. The molecule has 3 heteroatoms. The zero-order valence-corrected chi connectivity index (χ0v) is 16.8. The normalized spacial score (nSPS) is 43.8. The Balaban J connectivity index is 1.59. The van der Waals surface area contributed by atoms with Crippen LogP contribution in [0.4, 0.5) is 0 Å². The summed E-state index contributed by atoms with van der Waals surface area (Å²) in [7, 11) is 0. The zero-order valence-electron chi connectivity index (χ0n) is 16.0. The molecular weight excluding hydrogens is 342 g/mol. The minimum atomic E-state index is 0.000716. The molecule has 2 nitrogen and oxygen atoms in total. The van der Waals surface area contributed by atoms with E-state index in [0.29, 0.717) is 22.8 Å². The van der Waals surface area contributed by atoms with E-state index < -0.39 is 0 Å². The van der Waals surface area contributed by atoms with E-state index in [1.165, 1.54) is 29.7 Å². The van der Waals surface area contributed by atoms with E-state index in [-0.39, 0.29) is 16.7 Å². The lowest BCUT2D eigenvalue weighted by Gasteiger charge is -2.56. The fraction of sp³-hybridized carbons (Fsp3) is 0.652. The molecule has 5 rings (SSSR count). The first-order valence-electron chi connectivity index (χ1n) is 10.2. The number of rotatable bonds is 0. The summed E-state index contributed by atoms with van der Waals surface area (Å²) in [5, 5.41) is 0.582. The molecule has 138 valence electrons. The highest BCUT2D eigenvalue weighted by atomic mass is 35.5. The third kappa shape index (κ3) is 2.11. The molecule has 1 aromatic rings. The Morgan fingerprint density at radius 3 is 2.65 bits per heavy atom. The highest BCUT2D eigenvalue weighted by molar-refractivity contribution is 6.29. The van der Waals surface area contributed by atoms with Gasteiger partial charge in [0.1, 0.15) is 5.15 Å². The molecule has 26 heavy (non-hydrogen) atoms. The number of carbonyl (C=O) groups is 1. The Kier molecular flexibility index (Phi) is 3.55. The highest BCUT2D eigenvalue weighted by Gasteiger charge is 2.60. The Hall–Kier alpha value is -1.15. The lowest BCUT2D eigenvalue weighted by molar-refractivity contribution is -0.130. The molecule has 6 atom stereocenters. The minimum absolute atomic E-state index is 0.000716. The Morgan fingerprint density at radius 2 is 1.85 bits per heavy atom. The minimum Gasteiger partial charge on any atom is -0.295 e. The van der Waals surface area contributed by atoms with Crippen LogP contribution in [0.3, 0.4) is 0 Å². The van der Waals surface area contributed by atoms with Crippen LogP contribution in [0.1, 0.15) is 64.1 Å². The van der Waals surface area contributed by atoms with Gasteiger partial charge in [-0.2, -0.15) is 0 Å². The summed E-state index contributed by atoms with van der Waals surface area (Å²) in [5.74, 6) is 2.15. The van der Waals surface area contributed by atoms with Gasteiger partial charge in [0, 0.05) is 11.3 Å². The van der Waals surface area contributed by atoms with E-state index in [2.05, 4.69) is 32.9 Å². The summed E-state index contributed by atoms with van der Waals surface area (Å²) in [4.78, 5) is 18.0. The summed E-state index contributed by atoms with van der Waals surface area (Å²) in [6.07, 6.45) is 8.97. The van der Waals surface area contributed by atoms with Gasteiger partial charge in [-0.05, 0) is 79.4 Å². The first-order chi connectivity index (χ1) is 12.3. The van der Waals surface area contributed by atoms with Gasteiger partial charge in [0.15, 0.2) is 5.78 Å². The smallest absolute Gasteiger partial charge is 0.159 e. The van der Waals surface area contributed by atoms with Crippen LogP contribution < -0.4 is 0 Å². The maximum Gasteiger partial charge on any atom is 0.159 e. The van der Waals surface area contributed by atoms with Gasteiger partial charge in [-0.1, -0.05) is 44.0 Å². The third-order valence-corrected chi connectivity index (χ3v) is 8.72. The molecule has 2 saturated carbocycles. The van der Waals surface area contributed by atoms with Gasteiger partial charge in [0.2, 0.25) is 0 Å². The van der Waals surface area contributed by atoms with Crippen molar-refractivity contribution >= 4 is 17.4 Å².